The van der Waals surface area contributed by atoms with Gasteiger partial charge in [0.15, 0.2) is 0 Å². The maximum absolute atomic E-state index is 11.0. The van der Waals surface area contributed by atoms with Crippen molar-refractivity contribution in [2.45, 2.75) is 43.0 Å². The fraction of sp³-hybridized carbons (Fsp3) is 0.750. The van der Waals surface area contributed by atoms with E-state index in [1.165, 1.54) is 7.11 Å². The Morgan fingerprint density at radius 3 is 3.12 bits per heavy atom. The van der Waals surface area contributed by atoms with E-state index < -0.39 is 0 Å². The van der Waals surface area contributed by atoms with Crippen molar-refractivity contribution in [1.29, 1.82) is 0 Å². The van der Waals surface area contributed by atoms with Crippen molar-refractivity contribution in [2.75, 3.05) is 12.9 Å². The molecule has 0 radical (unpaired) electrons. The number of unbranched alkanes of at least 4 members (excludes halogenated alkanes) is 1. The predicted molar refractivity (Wildman–Crippen MR) is 69.7 cm³/mol. The third-order valence-corrected chi connectivity index (χ3v) is 4.88. The molecule has 0 aromatic rings. The monoisotopic (exact) mass is 256 g/mol. The van der Waals surface area contributed by atoms with Gasteiger partial charge in [0.1, 0.15) is 0 Å². The standard InChI is InChI=1S/C12H20N2O2S/c1-8-13-9-7-17-10(12(9)14-8)5-3-4-6-11(15)16-2/h9-10,12-14H,1,3-7H2,2H3/t9-,10-,12-/m0/s1. The summed E-state index contributed by atoms with van der Waals surface area (Å²) in [5, 5.41) is 7.41. The van der Waals surface area contributed by atoms with Gasteiger partial charge in [-0.15, -0.1) is 0 Å². The van der Waals surface area contributed by atoms with Crippen molar-refractivity contribution in [3.05, 3.63) is 12.4 Å². The maximum Gasteiger partial charge on any atom is 0.305 e. The second-order valence-corrected chi connectivity index (χ2v) is 5.87. The fourth-order valence-electron chi connectivity index (χ4n) is 2.47. The van der Waals surface area contributed by atoms with Gasteiger partial charge in [-0.1, -0.05) is 13.0 Å². The number of carbonyl (C=O) groups is 1. The highest BCUT2D eigenvalue weighted by atomic mass is 32.2. The van der Waals surface area contributed by atoms with E-state index in [1.807, 2.05) is 11.8 Å². The molecule has 5 heteroatoms. The van der Waals surface area contributed by atoms with Gasteiger partial charge >= 0.3 is 5.97 Å². The second-order valence-electron chi connectivity index (χ2n) is 4.59. The van der Waals surface area contributed by atoms with Crippen LogP contribution in [0.2, 0.25) is 0 Å². The molecule has 0 saturated carbocycles. The average Bonchev–Trinajstić information content (AvgIpc) is 2.84. The Hall–Kier alpha value is -0.840. The van der Waals surface area contributed by atoms with Crippen LogP contribution in [0.4, 0.5) is 0 Å². The van der Waals surface area contributed by atoms with E-state index in [-0.39, 0.29) is 5.97 Å². The lowest BCUT2D eigenvalue weighted by molar-refractivity contribution is -0.140. The Bertz CT molecular complexity index is 309. The van der Waals surface area contributed by atoms with E-state index in [9.17, 15) is 4.79 Å². The molecule has 3 atom stereocenters. The number of esters is 1. The summed E-state index contributed by atoms with van der Waals surface area (Å²) in [5.41, 5.74) is 0. The number of carbonyl (C=O) groups excluding carboxylic acids is 1. The number of thioether (sulfide) groups is 1. The lowest BCUT2D eigenvalue weighted by atomic mass is 10.0. The van der Waals surface area contributed by atoms with Gasteiger partial charge in [-0.3, -0.25) is 4.79 Å². The molecule has 96 valence electrons. The van der Waals surface area contributed by atoms with Gasteiger partial charge < -0.3 is 15.4 Å². The number of fused-ring (bicyclic) bond motifs is 1. The minimum absolute atomic E-state index is 0.101. The predicted octanol–water partition coefficient (Wildman–Crippen LogP) is 1.24. The molecule has 2 aliphatic heterocycles. The SMILES string of the molecule is C=C1N[C@H]2[C@H](CS[C@H]2CCCCC(=O)OC)N1. The molecule has 2 rings (SSSR count). The first-order valence-corrected chi connectivity index (χ1v) is 7.16. The van der Waals surface area contributed by atoms with E-state index in [4.69, 9.17) is 0 Å². The lowest BCUT2D eigenvalue weighted by Gasteiger charge is -2.17. The van der Waals surface area contributed by atoms with Crippen LogP contribution < -0.4 is 10.6 Å². The normalized spacial score (nSPS) is 30.6. The van der Waals surface area contributed by atoms with Gasteiger partial charge in [-0.25, -0.2) is 0 Å². The van der Waals surface area contributed by atoms with Gasteiger partial charge in [0, 0.05) is 17.4 Å². The molecule has 0 bridgehead atoms. The van der Waals surface area contributed by atoms with Gasteiger partial charge in [-0.2, -0.15) is 11.8 Å². The molecule has 0 unspecified atom stereocenters. The molecule has 2 heterocycles. The zero-order chi connectivity index (χ0) is 12.3. The number of methoxy groups -OCH3 is 1. The zero-order valence-corrected chi connectivity index (χ0v) is 11.0. The van der Waals surface area contributed by atoms with Crippen molar-refractivity contribution in [3.63, 3.8) is 0 Å². The number of nitrogens with one attached hydrogen (secondary N) is 2. The van der Waals surface area contributed by atoms with E-state index in [2.05, 4.69) is 21.9 Å². The van der Waals surface area contributed by atoms with Gasteiger partial charge in [-0.05, 0) is 12.8 Å². The van der Waals surface area contributed by atoms with Crippen molar-refractivity contribution in [3.8, 4) is 0 Å². The fourth-order valence-corrected chi connectivity index (χ4v) is 4.01. The van der Waals surface area contributed by atoms with E-state index in [0.717, 1.165) is 30.8 Å². The molecule has 2 fully saturated rings. The Kier molecular flexibility index (Phi) is 4.20. The maximum atomic E-state index is 11.0. The van der Waals surface area contributed by atoms with Gasteiger partial charge in [0.2, 0.25) is 0 Å². The van der Waals surface area contributed by atoms with Crippen LogP contribution >= 0.6 is 11.8 Å². The molecular weight excluding hydrogens is 236 g/mol. The first kappa shape index (κ1) is 12.6. The Labute approximate surface area is 107 Å². The van der Waals surface area contributed by atoms with Crippen LogP contribution in [0.15, 0.2) is 12.4 Å². The molecule has 17 heavy (non-hydrogen) atoms. The van der Waals surface area contributed by atoms with E-state index >= 15 is 0 Å². The first-order chi connectivity index (χ1) is 8.20. The lowest BCUT2D eigenvalue weighted by Crippen LogP contribution is -2.36. The molecule has 0 aromatic heterocycles. The van der Waals surface area contributed by atoms with Gasteiger partial charge in [0.05, 0.1) is 25.0 Å². The third kappa shape index (κ3) is 3.09. The van der Waals surface area contributed by atoms with Crippen LogP contribution in [-0.2, 0) is 9.53 Å². The minimum atomic E-state index is -0.101. The summed E-state index contributed by atoms with van der Waals surface area (Å²) in [6.45, 7) is 3.91. The molecule has 2 aliphatic rings. The Balaban J connectivity index is 1.66. The molecule has 0 aliphatic carbocycles. The number of hydrogen-bond acceptors (Lipinski definition) is 5. The van der Waals surface area contributed by atoms with Crippen LogP contribution in [0.1, 0.15) is 25.7 Å². The topological polar surface area (TPSA) is 50.4 Å². The van der Waals surface area contributed by atoms with Crippen LogP contribution in [0.25, 0.3) is 0 Å². The zero-order valence-electron chi connectivity index (χ0n) is 10.2. The summed E-state index contributed by atoms with van der Waals surface area (Å²) in [6.07, 6.45) is 3.71. The summed E-state index contributed by atoms with van der Waals surface area (Å²) < 4.78 is 4.63. The summed E-state index contributed by atoms with van der Waals surface area (Å²) in [6, 6.07) is 1.06. The highest BCUT2D eigenvalue weighted by molar-refractivity contribution is 8.00. The minimum Gasteiger partial charge on any atom is -0.469 e. The molecular formula is C12H20N2O2S. The van der Waals surface area contributed by atoms with Crippen molar-refractivity contribution in [2.24, 2.45) is 0 Å². The number of hydrogen-bond donors (Lipinski definition) is 2. The molecule has 0 spiro atoms. The summed E-state index contributed by atoms with van der Waals surface area (Å²) in [5.74, 6) is 2.01. The Morgan fingerprint density at radius 2 is 2.35 bits per heavy atom. The van der Waals surface area contributed by atoms with Crippen LogP contribution in [0.3, 0.4) is 0 Å². The first-order valence-electron chi connectivity index (χ1n) is 6.11. The molecule has 2 N–H and O–H groups in total. The summed E-state index contributed by atoms with van der Waals surface area (Å²) in [7, 11) is 1.44. The average molecular weight is 256 g/mol. The summed E-state index contributed by atoms with van der Waals surface area (Å²) in [4.78, 5) is 11.0. The van der Waals surface area contributed by atoms with Crippen LogP contribution in [-0.4, -0.2) is 36.2 Å². The Morgan fingerprint density at radius 1 is 1.53 bits per heavy atom. The van der Waals surface area contributed by atoms with Crippen molar-refractivity contribution < 1.29 is 9.53 Å². The smallest absolute Gasteiger partial charge is 0.305 e. The second kappa shape index (κ2) is 5.67. The molecule has 0 amide bonds. The quantitative estimate of drug-likeness (QED) is 0.572. The van der Waals surface area contributed by atoms with E-state index in [1.54, 1.807) is 0 Å². The summed E-state index contributed by atoms with van der Waals surface area (Å²) >= 11 is 2.02. The highest BCUT2D eigenvalue weighted by Gasteiger charge is 2.40. The third-order valence-electron chi connectivity index (χ3n) is 3.37. The largest absolute Gasteiger partial charge is 0.469 e. The van der Waals surface area contributed by atoms with Crippen LogP contribution in [0.5, 0.6) is 0 Å². The molecule has 4 nitrogen and oxygen atoms in total. The molecule has 0 aromatic carbocycles. The molecule has 2 saturated heterocycles. The van der Waals surface area contributed by atoms with Crippen molar-refractivity contribution in [1.82, 2.24) is 10.6 Å². The highest BCUT2D eigenvalue weighted by Crippen LogP contribution is 2.34. The van der Waals surface area contributed by atoms with Crippen LogP contribution in [0, 0.1) is 0 Å². The van der Waals surface area contributed by atoms with E-state index in [0.29, 0.717) is 23.8 Å². The van der Waals surface area contributed by atoms with Gasteiger partial charge in [0.25, 0.3) is 0 Å². The van der Waals surface area contributed by atoms with Crippen molar-refractivity contribution >= 4 is 17.7 Å². The number of ether oxygens (including phenoxy) is 1. The number of rotatable bonds is 5.